The number of rotatable bonds is 2. The molecule has 1 unspecified atom stereocenters. The van der Waals surface area contributed by atoms with E-state index in [0.29, 0.717) is 0 Å². The molecular formula is C9H15N3OS. The zero-order valence-corrected chi connectivity index (χ0v) is 8.83. The topological polar surface area (TPSA) is 62.4 Å². The molecule has 1 aliphatic rings. The highest BCUT2D eigenvalue weighted by atomic mass is 32.1. The fourth-order valence-electron chi connectivity index (χ4n) is 1.85. The van der Waals surface area contributed by atoms with Crippen LogP contribution in [-0.2, 0) is 0 Å². The van der Waals surface area contributed by atoms with Gasteiger partial charge in [0.2, 0.25) is 0 Å². The summed E-state index contributed by atoms with van der Waals surface area (Å²) in [6.07, 6.45) is 5.11. The average Bonchev–Trinajstić information content (AvgIpc) is 2.65. The van der Waals surface area contributed by atoms with E-state index < -0.39 is 0 Å². The molecule has 1 aliphatic heterocycles. The number of thiazole rings is 1. The first-order valence-corrected chi connectivity index (χ1v) is 5.71. The van der Waals surface area contributed by atoms with Crippen molar-refractivity contribution in [3.63, 3.8) is 0 Å². The predicted molar refractivity (Wildman–Crippen MR) is 58.6 cm³/mol. The third-order valence-electron chi connectivity index (χ3n) is 2.59. The van der Waals surface area contributed by atoms with Crippen molar-refractivity contribution in [1.82, 2.24) is 4.98 Å². The Morgan fingerprint density at radius 2 is 2.50 bits per heavy atom. The van der Waals surface area contributed by atoms with Crippen molar-refractivity contribution in [3.8, 4) is 0 Å². The number of hydrogen-bond acceptors (Lipinski definition) is 5. The average molecular weight is 213 g/mol. The quantitative estimate of drug-likeness (QED) is 0.771. The Labute approximate surface area is 87.4 Å². The van der Waals surface area contributed by atoms with Gasteiger partial charge < -0.3 is 15.7 Å². The van der Waals surface area contributed by atoms with Crippen LogP contribution in [0.25, 0.3) is 0 Å². The van der Waals surface area contributed by atoms with Gasteiger partial charge in [-0.1, -0.05) is 11.3 Å². The number of anilines is 2. The minimum absolute atomic E-state index is 0.208. The molecule has 0 aromatic carbocycles. The highest BCUT2D eigenvalue weighted by Crippen LogP contribution is 2.29. The maximum absolute atomic E-state index is 9.23. The number of piperidine rings is 1. The lowest BCUT2D eigenvalue weighted by atomic mass is 10.0. The molecule has 2 rings (SSSR count). The lowest BCUT2D eigenvalue weighted by molar-refractivity contribution is 0.240. The number of nitrogen functional groups attached to an aromatic ring is 1. The van der Waals surface area contributed by atoms with Crippen molar-refractivity contribution in [1.29, 1.82) is 0 Å². The van der Waals surface area contributed by atoms with E-state index in [-0.39, 0.29) is 12.6 Å². The van der Waals surface area contributed by atoms with E-state index >= 15 is 0 Å². The number of aromatic nitrogens is 1. The van der Waals surface area contributed by atoms with Gasteiger partial charge in [0.25, 0.3) is 0 Å². The number of aliphatic hydroxyl groups excluding tert-OH is 1. The molecule has 0 spiro atoms. The Kier molecular flexibility index (Phi) is 2.88. The maximum atomic E-state index is 9.23. The molecule has 0 bridgehead atoms. The van der Waals surface area contributed by atoms with Crippen LogP contribution < -0.4 is 10.6 Å². The van der Waals surface area contributed by atoms with E-state index in [1.54, 1.807) is 6.20 Å². The van der Waals surface area contributed by atoms with E-state index in [2.05, 4.69) is 9.88 Å². The fourth-order valence-corrected chi connectivity index (χ4v) is 2.63. The SMILES string of the molecule is Nc1cnc(N2CCCCC2CO)s1. The first-order valence-electron chi connectivity index (χ1n) is 4.90. The van der Waals surface area contributed by atoms with Crippen LogP contribution in [-0.4, -0.2) is 29.3 Å². The summed E-state index contributed by atoms with van der Waals surface area (Å²) >= 11 is 1.49. The molecule has 4 nitrogen and oxygen atoms in total. The van der Waals surface area contributed by atoms with E-state index in [1.807, 2.05) is 0 Å². The minimum Gasteiger partial charge on any atom is -0.394 e. The van der Waals surface area contributed by atoms with Gasteiger partial charge in [0.1, 0.15) is 5.00 Å². The van der Waals surface area contributed by atoms with Crippen LogP contribution >= 0.6 is 11.3 Å². The Bertz CT molecular complexity index is 302. The Morgan fingerprint density at radius 3 is 3.14 bits per heavy atom. The number of nitrogens with zero attached hydrogens (tertiary/aromatic N) is 2. The molecule has 0 saturated carbocycles. The maximum Gasteiger partial charge on any atom is 0.187 e. The van der Waals surface area contributed by atoms with Crippen LogP contribution in [0.3, 0.4) is 0 Å². The summed E-state index contributed by atoms with van der Waals surface area (Å²) in [5, 5.41) is 10.9. The molecule has 5 heteroatoms. The van der Waals surface area contributed by atoms with E-state index in [9.17, 15) is 5.11 Å². The molecule has 0 aliphatic carbocycles. The first-order chi connectivity index (χ1) is 6.81. The monoisotopic (exact) mass is 213 g/mol. The molecule has 1 saturated heterocycles. The highest BCUT2D eigenvalue weighted by Gasteiger charge is 2.23. The van der Waals surface area contributed by atoms with Crippen LogP contribution in [0.1, 0.15) is 19.3 Å². The molecule has 14 heavy (non-hydrogen) atoms. The van der Waals surface area contributed by atoms with Gasteiger partial charge in [-0.2, -0.15) is 0 Å². The van der Waals surface area contributed by atoms with Gasteiger partial charge in [-0.15, -0.1) is 0 Å². The third kappa shape index (κ3) is 1.83. The van der Waals surface area contributed by atoms with Crippen LogP contribution in [0, 0.1) is 0 Å². The second-order valence-electron chi connectivity index (χ2n) is 3.57. The Hall–Kier alpha value is -0.810. The van der Waals surface area contributed by atoms with E-state index in [0.717, 1.165) is 23.1 Å². The van der Waals surface area contributed by atoms with Gasteiger partial charge >= 0.3 is 0 Å². The predicted octanol–water partition coefficient (Wildman–Crippen LogP) is 1.08. The summed E-state index contributed by atoms with van der Waals surface area (Å²) in [6, 6.07) is 0.231. The largest absolute Gasteiger partial charge is 0.394 e. The summed E-state index contributed by atoms with van der Waals surface area (Å²) in [5.41, 5.74) is 5.64. The molecule has 1 aromatic heterocycles. The van der Waals surface area contributed by atoms with Crippen LogP contribution in [0.15, 0.2) is 6.20 Å². The van der Waals surface area contributed by atoms with Crippen molar-refractivity contribution in [2.24, 2.45) is 0 Å². The molecule has 1 aromatic rings. The van der Waals surface area contributed by atoms with Crippen molar-refractivity contribution >= 4 is 21.5 Å². The first kappa shape index (κ1) is 9.73. The number of hydrogen-bond donors (Lipinski definition) is 2. The normalized spacial score (nSPS) is 22.6. The molecule has 1 fully saturated rings. The molecule has 0 radical (unpaired) electrons. The Morgan fingerprint density at radius 1 is 1.64 bits per heavy atom. The summed E-state index contributed by atoms with van der Waals surface area (Å²) in [6.45, 7) is 1.19. The molecular weight excluding hydrogens is 198 g/mol. The van der Waals surface area contributed by atoms with Crippen molar-refractivity contribution in [2.75, 3.05) is 23.8 Å². The second kappa shape index (κ2) is 4.14. The van der Waals surface area contributed by atoms with Crippen LogP contribution in [0.2, 0.25) is 0 Å². The molecule has 1 atom stereocenters. The van der Waals surface area contributed by atoms with Crippen LogP contribution in [0.4, 0.5) is 10.1 Å². The number of nitrogens with two attached hydrogens (primary N) is 1. The van der Waals surface area contributed by atoms with E-state index in [4.69, 9.17) is 5.73 Å². The zero-order chi connectivity index (χ0) is 9.97. The van der Waals surface area contributed by atoms with Crippen molar-refractivity contribution in [2.45, 2.75) is 25.3 Å². The van der Waals surface area contributed by atoms with Crippen molar-refractivity contribution in [3.05, 3.63) is 6.20 Å². The third-order valence-corrected chi connectivity index (χ3v) is 3.46. The van der Waals surface area contributed by atoms with Gasteiger partial charge in [-0.3, -0.25) is 0 Å². The lowest BCUT2D eigenvalue weighted by Gasteiger charge is -2.34. The summed E-state index contributed by atoms with van der Waals surface area (Å²) in [4.78, 5) is 6.42. The zero-order valence-electron chi connectivity index (χ0n) is 8.02. The summed E-state index contributed by atoms with van der Waals surface area (Å²) in [7, 11) is 0. The highest BCUT2D eigenvalue weighted by molar-refractivity contribution is 7.19. The number of aliphatic hydroxyl groups is 1. The van der Waals surface area contributed by atoms with Gasteiger partial charge in [0, 0.05) is 6.54 Å². The van der Waals surface area contributed by atoms with Gasteiger partial charge in [-0.05, 0) is 19.3 Å². The summed E-state index contributed by atoms with van der Waals surface area (Å²) < 4.78 is 0. The van der Waals surface area contributed by atoms with Gasteiger partial charge in [0.05, 0.1) is 18.8 Å². The molecule has 0 amide bonds. The van der Waals surface area contributed by atoms with Crippen molar-refractivity contribution < 1.29 is 5.11 Å². The molecule has 78 valence electrons. The standard InChI is InChI=1S/C9H15N3OS/c10-8-5-11-9(14-8)12-4-2-1-3-7(12)6-13/h5,7,13H,1-4,6,10H2. The molecule has 3 N–H and O–H groups in total. The minimum atomic E-state index is 0.208. The van der Waals surface area contributed by atoms with Gasteiger partial charge in [0.15, 0.2) is 5.13 Å². The smallest absolute Gasteiger partial charge is 0.187 e. The fraction of sp³-hybridized carbons (Fsp3) is 0.667. The van der Waals surface area contributed by atoms with Crippen LogP contribution in [0.5, 0.6) is 0 Å². The molecule has 2 heterocycles. The van der Waals surface area contributed by atoms with E-state index in [1.165, 1.54) is 24.2 Å². The lowest BCUT2D eigenvalue weighted by Crippen LogP contribution is -2.41. The second-order valence-corrected chi connectivity index (χ2v) is 4.61. The van der Waals surface area contributed by atoms with Gasteiger partial charge in [-0.25, -0.2) is 4.98 Å². The Balaban J connectivity index is 2.14. The summed E-state index contributed by atoms with van der Waals surface area (Å²) in [5.74, 6) is 0.